The van der Waals surface area contributed by atoms with Gasteiger partial charge in [0.15, 0.2) is 0 Å². The van der Waals surface area contributed by atoms with Gasteiger partial charge in [-0.3, -0.25) is 4.79 Å². The molecule has 98 valence electrons. The smallest absolute Gasteiger partial charge is 0.312 e. The zero-order valence-electron chi connectivity index (χ0n) is 10.9. The predicted octanol–water partition coefficient (Wildman–Crippen LogP) is 3.77. The van der Waals surface area contributed by atoms with Crippen molar-refractivity contribution in [2.45, 2.75) is 12.8 Å². The van der Waals surface area contributed by atoms with Gasteiger partial charge in [-0.25, -0.2) is 4.39 Å². The second kappa shape index (κ2) is 5.65. The second-order valence-corrected chi connectivity index (χ2v) is 4.37. The summed E-state index contributed by atoms with van der Waals surface area (Å²) in [5.41, 5.74) is 2.83. The molecular formula is C16H15FO2. The van der Waals surface area contributed by atoms with Crippen molar-refractivity contribution in [2.75, 3.05) is 7.11 Å². The molecule has 0 radical (unpaired) electrons. The van der Waals surface area contributed by atoms with Gasteiger partial charge in [0.1, 0.15) is 5.82 Å². The molecule has 2 aromatic carbocycles. The van der Waals surface area contributed by atoms with E-state index < -0.39 is 0 Å². The van der Waals surface area contributed by atoms with E-state index in [1.54, 1.807) is 19.1 Å². The molecule has 0 fully saturated rings. The number of carbonyl (C=O) groups is 1. The van der Waals surface area contributed by atoms with E-state index in [0.717, 1.165) is 16.7 Å². The van der Waals surface area contributed by atoms with Crippen LogP contribution in [-0.4, -0.2) is 13.1 Å². The molecule has 0 bridgehead atoms. The Bertz CT molecular complexity index is 558. The lowest BCUT2D eigenvalue weighted by atomic mass is 9.97. The van der Waals surface area contributed by atoms with Crippen molar-refractivity contribution in [2.24, 2.45) is 0 Å². The molecule has 2 rings (SSSR count). The lowest BCUT2D eigenvalue weighted by Gasteiger charge is -2.10. The summed E-state index contributed by atoms with van der Waals surface area (Å²) in [5, 5.41) is 0. The molecule has 0 saturated carbocycles. The summed E-state index contributed by atoms with van der Waals surface area (Å²) in [6.45, 7) is 1.80. The molecule has 0 spiro atoms. The van der Waals surface area contributed by atoms with Gasteiger partial charge >= 0.3 is 5.97 Å². The lowest BCUT2D eigenvalue weighted by Crippen LogP contribution is -2.10. The van der Waals surface area contributed by atoms with Crippen molar-refractivity contribution in [3.63, 3.8) is 0 Å². The Morgan fingerprint density at radius 1 is 1.00 bits per heavy atom. The molecule has 1 unspecified atom stereocenters. The third kappa shape index (κ3) is 2.99. The molecule has 2 nitrogen and oxygen atoms in total. The van der Waals surface area contributed by atoms with Crippen molar-refractivity contribution >= 4 is 5.97 Å². The summed E-state index contributed by atoms with van der Waals surface area (Å²) in [6.07, 6.45) is 0. The van der Waals surface area contributed by atoms with Gasteiger partial charge in [-0.15, -0.1) is 0 Å². The van der Waals surface area contributed by atoms with Gasteiger partial charge in [0.2, 0.25) is 0 Å². The molecule has 19 heavy (non-hydrogen) atoms. The highest BCUT2D eigenvalue weighted by Crippen LogP contribution is 2.23. The van der Waals surface area contributed by atoms with Crippen LogP contribution in [-0.2, 0) is 9.53 Å². The lowest BCUT2D eigenvalue weighted by molar-refractivity contribution is -0.141. The average Bonchev–Trinajstić information content (AvgIpc) is 2.46. The molecule has 1 atom stereocenters. The van der Waals surface area contributed by atoms with Crippen LogP contribution >= 0.6 is 0 Å². The quantitative estimate of drug-likeness (QED) is 0.783. The van der Waals surface area contributed by atoms with E-state index in [-0.39, 0.29) is 17.7 Å². The second-order valence-electron chi connectivity index (χ2n) is 4.37. The number of esters is 1. The Morgan fingerprint density at radius 2 is 1.47 bits per heavy atom. The molecule has 0 aliphatic rings. The van der Waals surface area contributed by atoms with Gasteiger partial charge < -0.3 is 4.74 Å². The minimum Gasteiger partial charge on any atom is -0.469 e. The first kappa shape index (κ1) is 13.3. The van der Waals surface area contributed by atoms with Crippen molar-refractivity contribution in [1.29, 1.82) is 0 Å². The van der Waals surface area contributed by atoms with Crippen LogP contribution in [0.3, 0.4) is 0 Å². The highest BCUT2D eigenvalue weighted by molar-refractivity contribution is 5.78. The normalized spacial score (nSPS) is 11.9. The number of ether oxygens (including phenoxy) is 1. The Hall–Kier alpha value is -2.16. The van der Waals surface area contributed by atoms with Gasteiger partial charge in [-0.2, -0.15) is 0 Å². The zero-order valence-corrected chi connectivity index (χ0v) is 10.9. The Morgan fingerprint density at radius 3 is 1.95 bits per heavy atom. The summed E-state index contributed by atoms with van der Waals surface area (Å²) in [5.74, 6) is -0.790. The van der Waals surface area contributed by atoms with Gasteiger partial charge in [0.05, 0.1) is 13.0 Å². The third-order valence-electron chi connectivity index (χ3n) is 3.14. The monoisotopic (exact) mass is 258 g/mol. The van der Waals surface area contributed by atoms with Crippen LogP contribution in [0, 0.1) is 5.82 Å². The highest BCUT2D eigenvalue weighted by atomic mass is 19.1. The molecule has 0 amide bonds. The first-order valence-electron chi connectivity index (χ1n) is 6.05. The Labute approximate surface area is 111 Å². The van der Waals surface area contributed by atoms with E-state index in [4.69, 9.17) is 4.74 Å². The molecule has 0 aliphatic heterocycles. The molecule has 0 aromatic heterocycles. The van der Waals surface area contributed by atoms with Crippen LogP contribution < -0.4 is 0 Å². The number of methoxy groups -OCH3 is 1. The summed E-state index contributed by atoms with van der Waals surface area (Å²) in [6, 6.07) is 13.9. The number of hydrogen-bond donors (Lipinski definition) is 0. The Kier molecular flexibility index (Phi) is 3.95. The number of carbonyl (C=O) groups excluding carboxylic acids is 1. The molecule has 2 aromatic rings. The maximum absolute atomic E-state index is 12.8. The van der Waals surface area contributed by atoms with Crippen molar-refractivity contribution in [3.8, 4) is 11.1 Å². The van der Waals surface area contributed by atoms with Crippen LogP contribution in [0.4, 0.5) is 4.39 Å². The standard InChI is InChI=1S/C16H15FO2/c1-11(16(18)19-2)12-3-5-13(6-4-12)14-7-9-15(17)10-8-14/h3-11H,1-2H3. The van der Waals surface area contributed by atoms with Crippen molar-refractivity contribution < 1.29 is 13.9 Å². The van der Waals surface area contributed by atoms with E-state index in [1.807, 2.05) is 24.3 Å². The fraction of sp³-hybridized carbons (Fsp3) is 0.188. The van der Waals surface area contributed by atoms with E-state index >= 15 is 0 Å². The van der Waals surface area contributed by atoms with E-state index in [0.29, 0.717) is 0 Å². The molecule has 0 heterocycles. The molecule has 3 heteroatoms. The van der Waals surface area contributed by atoms with E-state index in [1.165, 1.54) is 19.2 Å². The minimum absolute atomic E-state index is 0.250. The highest BCUT2D eigenvalue weighted by Gasteiger charge is 2.15. The fourth-order valence-corrected chi connectivity index (χ4v) is 1.92. The largest absolute Gasteiger partial charge is 0.469 e. The Balaban J connectivity index is 2.23. The van der Waals surface area contributed by atoms with Crippen LogP contribution in [0.5, 0.6) is 0 Å². The van der Waals surface area contributed by atoms with Crippen LogP contribution in [0.25, 0.3) is 11.1 Å². The van der Waals surface area contributed by atoms with Gasteiger partial charge in [-0.1, -0.05) is 36.4 Å². The average molecular weight is 258 g/mol. The third-order valence-corrected chi connectivity index (χ3v) is 3.14. The predicted molar refractivity (Wildman–Crippen MR) is 72.3 cm³/mol. The molecule has 0 saturated heterocycles. The first-order valence-corrected chi connectivity index (χ1v) is 6.05. The van der Waals surface area contributed by atoms with E-state index in [2.05, 4.69) is 0 Å². The van der Waals surface area contributed by atoms with Gasteiger partial charge in [0.25, 0.3) is 0 Å². The van der Waals surface area contributed by atoms with Gasteiger partial charge in [-0.05, 0) is 35.7 Å². The van der Waals surface area contributed by atoms with Crippen LogP contribution in [0.15, 0.2) is 48.5 Å². The number of halogens is 1. The maximum Gasteiger partial charge on any atom is 0.312 e. The number of benzene rings is 2. The molecular weight excluding hydrogens is 243 g/mol. The topological polar surface area (TPSA) is 26.3 Å². The number of rotatable bonds is 3. The van der Waals surface area contributed by atoms with E-state index in [9.17, 15) is 9.18 Å². The van der Waals surface area contributed by atoms with Gasteiger partial charge in [0, 0.05) is 0 Å². The van der Waals surface area contributed by atoms with Crippen LogP contribution in [0.1, 0.15) is 18.4 Å². The van der Waals surface area contributed by atoms with Crippen molar-refractivity contribution in [3.05, 3.63) is 59.9 Å². The SMILES string of the molecule is COC(=O)C(C)c1ccc(-c2ccc(F)cc2)cc1. The molecule has 0 N–H and O–H groups in total. The maximum atomic E-state index is 12.8. The summed E-state index contributed by atoms with van der Waals surface area (Å²) in [7, 11) is 1.38. The molecule has 0 aliphatic carbocycles. The minimum atomic E-state index is -0.285. The van der Waals surface area contributed by atoms with Crippen LogP contribution in [0.2, 0.25) is 0 Å². The fourth-order valence-electron chi connectivity index (χ4n) is 1.92. The zero-order chi connectivity index (χ0) is 13.8. The number of hydrogen-bond acceptors (Lipinski definition) is 2. The summed E-state index contributed by atoms with van der Waals surface area (Å²) >= 11 is 0. The van der Waals surface area contributed by atoms with Crippen molar-refractivity contribution in [1.82, 2.24) is 0 Å². The summed E-state index contributed by atoms with van der Waals surface area (Å²) in [4.78, 5) is 11.4. The summed E-state index contributed by atoms with van der Waals surface area (Å²) < 4.78 is 17.6. The first-order chi connectivity index (χ1) is 9.11.